The Labute approximate surface area is 120 Å². The van der Waals surface area contributed by atoms with Crippen LogP contribution in [0.4, 0.5) is 5.69 Å². The fraction of sp³-hybridized carbons (Fsp3) is 0.294. The Kier molecular flexibility index (Phi) is 4.51. The molecule has 0 heterocycles. The molecular weight excluding hydrogens is 250 g/mol. The van der Waals surface area contributed by atoms with Gasteiger partial charge in [0.25, 0.3) is 0 Å². The molecule has 0 radical (unpaired) electrons. The molecule has 0 saturated heterocycles. The normalized spacial score (nSPS) is 11.9. The van der Waals surface area contributed by atoms with Crippen LogP contribution in [0.5, 0.6) is 11.5 Å². The number of benzene rings is 2. The van der Waals surface area contributed by atoms with Crippen molar-refractivity contribution in [1.82, 2.24) is 0 Å². The number of rotatable bonds is 5. The first-order valence-corrected chi connectivity index (χ1v) is 6.84. The lowest BCUT2D eigenvalue weighted by molar-refractivity contribution is 0.406. The van der Waals surface area contributed by atoms with E-state index in [1.807, 2.05) is 37.3 Å². The molecule has 3 heteroatoms. The minimum Gasteiger partial charge on any atom is -0.508 e. The Morgan fingerprint density at radius 2 is 1.95 bits per heavy atom. The Bertz CT molecular complexity index is 581. The molecule has 1 atom stereocenters. The third-order valence-corrected chi connectivity index (χ3v) is 3.47. The van der Waals surface area contributed by atoms with Crippen LogP contribution in [-0.4, -0.2) is 12.2 Å². The van der Waals surface area contributed by atoms with Crippen LogP contribution in [-0.2, 0) is 0 Å². The van der Waals surface area contributed by atoms with Gasteiger partial charge in [0.2, 0.25) is 0 Å². The fourth-order valence-electron chi connectivity index (χ4n) is 2.25. The quantitative estimate of drug-likeness (QED) is 0.853. The number of para-hydroxylation sites is 1. The summed E-state index contributed by atoms with van der Waals surface area (Å²) in [7, 11) is 1.68. The zero-order valence-corrected chi connectivity index (χ0v) is 12.2. The summed E-state index contributed by atoms with van der Waals surface area (Å²) < 4.78 is 5.42. The summed E-state index contributed by atoms with van der Waals surface area (Å²) in [5.41, 5.74) is 2.91. The van der Waals surface area contributed by atoms with Crippen LogP contribution in [0.2, 0.25) is 0 Å². The van der Waals surface area contributed by atoms with Crippen molar-refractivity contribution in [2.24, 2.45) is 0 Å². The Hall–Kier alpha value is -2.16. The minimum atomic E-state index is 0.147. The molecule has 106 valence electrons. The molecule has 0 saturated carbocycles. The molecule has 0 spiro atoms. The maximum atomic E-state index is 9.79. The molecule has 1 unspecified atom stereocenters. The highest BCUT2D eigenvalue weighted by atomic mass is 16.5. The Balaban J connectivity index is 2.26. The second-order valence-corrected chi connectivity index (χ2v) is 4.85. The Morgan fingerprint density at radius 3 is 2.60 bits per heavy atom. The van der Waals surface area contributed by atoms with Crippen molar-refractivity contribution in [1.29, 1.82) is 0 Å². The lowest BCUT2D eigenvalue weighted by Gasteiger charge is -2.21. The molecule has 2 aromatic carbocycles. The molecule has 20 heavy (non-hydrogen) atoms. The van der Waals surface area contributed by atoms with Crippen molar-refractivity contribution < 1.29 is 9.84 Å². The smallest absolute Gasteiger partial charge is 0.124 e. The van der Waals surface area contributed by atoms with Crippen molar-refractivity contribution in [3.05, 3.63) is 53.6 Å². The van der Waals surface area contributed by atoms with E-state index < -0.39 is 0 Å². The van der Waals surface area contributed by atoms with Gasteiger partial charge in [-0.2, -0.15) is 0 Å². The van der Waals surface area contributed by atoms with Gasteiger partial charge in [-0.3, -0.25) is 0 Å². The lowest BCUT2D eigenvalue weighted by Crippen LogP contribution is -2.11. The molecule has 2 aromatic rings. The number of aromatic hydroxyl groups is 1. The summed E-state index contributed by atoms with van der Waals surface area (Å²) in [6, 6.07) is 13.8. The van der Waals surface area contributed by atoms with Gasteiger partial charge in [0.15, 0.2) is 0 Å². The van der Waals surface area contributed by atoms with E-state index in [1.165, 1.54) is 0 Å². The molecule has 3 nitrogen and oxygen atoms in total. The predicted molar refractivity (Wildman–Crippen MR) is 82.5 cm³/mol. The first-order valence-electron chi connectivity index (χ1n) is 6.84. The van der Waals surface area contributed by atoms with E-state index in [9.17, 15) is 5.11 Å². The number of phenols is 1. The molecule has 0 bridgehead atoms. The van der Waals surface area contributed by atoms with Crippen LogP contribution in [0.15, 0.2) is 42.5 Å². The largest absolute Gasteiger partial charge is 0.508 e. The average molecular weight is 271 g/mol. The maximum Gasteiger partial charge on any atom is 0.124 e. The lowest BCUT2D eigenvalue weighted by atomic mass is 10.0. The highest BCUT2D eigenvalue weighted by Crippen LogP contribution is 2.31. The number of anilines is 1. The monoisotopic (exact) mass is 271 g/mol. The summed E-state index contributed by atoms with van der Waals surface area (Å²) >= 11 is 0. The molecule has 0 aromatic heterocycles. The van der Waals surface area contributed by atoms with E-state index >= 15 is 0 Å². The van der Waals surface area contributed by atoms with Gasteiger partial charge in [0, 0.05) is 17.3 Å². The van der Waals surface area contributed by atoms with E-state index in [0.717, 1.165) is 29.0 Å². The topological polar surface area (TPSA) is 41.5 Å². The van der Waals surface area contributed by atoms with Crippen molar-refractivity contribution in [2.45, 2.75) is 26.3 Å². The summed E-state index contributed by atoms with van der Waals surface area (Å²) in [4.78, 5) is 0. The zero-order valence-electron chi connectivity index (χ0n) is 12.2. The van der Waals surface area contributed by atoms with Crippen molar-refractivity contribution in [2.75, 3.05) is 12.4 Å². The molecular formula is C17H21NO2. The zero-order chi connectivity index (χ0) is 14.5. The SMILES string of the molecule is CCC(Nc1ccc(C)c(O)c1)c1ccccc1OC. The van der Waals surface area contributed by atoms with Gasteiger partial charge in [0.05, 0.1) is 13.2 Å². The summed E-state index contributed by atoms with van der Waals surface area (Å²) in [6.07, 6.45) is 0.926. The van der Waals surface area contributed by atoms with Crippen LogP contribution in [0, 0.1) is 6.92 Å². The second-order valence-electron chi connectivity index (χ2n) is 4.85. The molecule has 0 aliphatic heterocycles. The molecule has 0 amide bonds. The number of hydrogen-bond donors (Lipinski definition) is 2. The summed E-state index contributed by atoms with van der Waals surface area (Å²) in [5.74, 6) is 1.19. The summed E-state index contributed by atoms with van der Waals surface area (Å²) in [6.45, 7) is 4.01. The fourth-order valence-corrected chi connectivity index (χ4v) is 2.25. The number of nitrogens with one attached hydrogen (secondary N) is 1. The van der Waals surface area contributed by atoms with Crippen LogP contribution in [0.1, 0.15) is 30.5 Å². The van der Waals surface area contributed by atoms with Crippen molar-refractivity contribution >= 4 is 5.69 Å². The number of aryl methyl sites for hydroxylation is 1. The molecule has 0 aliphatic rings. The van der Waals surface area contributed by atoms with Gasteiger partial charge < -0.3 is 15.2 Å². The van der Waals surface area contributed by atoms with Crippen LogP contribution in [0.3, 0.4) is 0 Å². The van der Waals surface area contributed by atoms with Crippen LogP contribution in [0.25, 0.3) is 0 Å². The second kappa shape index (κ2) is 6.33. The number of ether oxygens (including phenoxy) is 1. The standard InChI is InChI=1S/C17H21NO2/c1-4-15(14-7-5-6-8-17(14)20-3)18-13-10-9-12(2)16(19)11-13/h5-11,15,18-19H,4H2,1-3H3. The van der Waals surface area contributed by atoms with E-state index in [4.69, 9.17) is 4.74 Å². The van der Waals surface area contributed by atoms with Crippen LogP contribution < -0.4 is 10.1 Å². The van der Waals surface area contributed by atoms with Gasteiger partial charge in [-0.25, -0.2) is 0 Å². The highest BCUT2D eigenvalue weighted by Gasteiger charge is 2.14. The Morgan fingerprint density at radius 1 is 1.20 bits per heavy atom. The molecule has 2 N–H and O–H groups in total. The minimum absolute atomic E-state index is 0.147. The van der Waals surface area contributed by atoms with Gasteiger partial charge >= 0.3 is 0 Å². The molecule has 2 rings (SSSR count). The summed E-state index contributed by atoms with van der Waals surface area (Å²) in [5, 5.41) is 13.2. The number of methoxy groups -OCH3 is 1. The van der Waals surface area contributed by atoms with Crippen LogP contribution >= 0.6 is 0 Å². The van der Waals surface area contributed by atoms with E-state index in [2.05, 4.69) is 18.3 Å². The van der Waals surface area contributed by atoms with E-state index in [1.54, 1.807) is 13.2 Å². The van der Waals surface area contributed by atoms with Gasteiger partial charge in [-0.15, -0.1) is 0 Å². The first kappa shape index (κ1) is 14.3. The number of phenolic OH excluding ortho intramolecular Hbond substituents is 1. The van der Waals surface area contributed by atoms with Gasteiger partial charge in [0.1, 0.15) is 11.5 Å². The first-order chi connectivity index (χ1) is 9.65. The molecule has 0 aliphatic carbocycles. The van der Waals surface area contributed by atoms with Gasteiger partial charge in [-0.05, 0) is 31.0 Å². The van der Waals surface area contributed by atoms with E-state index in [-0.39, 0.29) is 6.04 Å². The van der Waals surface area contributed by atoms with Crippen molar-refractivity contribution in [3.63, 3.8) is 0 Å². The molecule has 0 fully saturated rings. The number of hydrogen-bond acceptors (Lipinski definition) is 3. The predicted octanol–water partition coefficient (Wildman–Crippen LogP) is 4.27. The highest BCUT2D eigenvalue weighted by molar-refractivity contribution is 5.53. The average Bonchev–Trinajstić information content (AvgIpc) is 2.48. The third-order valence-electron chi connectivity index (χ3n) is 3.47. The van der Waals surface area contributed by atoms with E-state index in [0.29, 0.717) is 5.75 Å². The third kappa shape index (κ3) is 3.05. The maximum absolute atomic E-state index is 9.79. The van der Waals surface area contributed by atoms with Crippen molar-refractivity contribution in [3.8, 4) is 11.5 Å². The van der Waals surface area contributed by atoms with Gasteiger partial charge in [-0.1, -0.05) is 31.2 Å².